The van der Waals surface area contributed by atoms with Crippen LogP contribution in [0.3, 0.4) is 0 Å². The van der Waals surface area contributed by atoms with E-state index >= 15 is 0 Å². The van der Waals surface area contributed by atoms with Gasteiger partial charge in [0.15, 0.2) is 6.20 Å². The van der Waals surface area contributed by atoms with Crippen LogP contribution in [0.5, 0.6) is 0 Å². The molecule has 3 aromatic rings. The molecular weight excluding hydrogens is 324 g/mol. The average Bonchev–Trinajstić information content (AvgIpc) is 2.56. The van der Waals surface area contributed by atoms with Gasteiger partial charge in [0.25, 0.3) is 5.03 Å². The van der Waals surface area contributed by atoms with Crippen LogP contribution < -0.4 is 15.8 Å². The molecule has 0 aliphatic carbocycles. The molecule has 2 heterocycles. The Hall–Kier alpha value is -2.87. The van der Waals surface area contributed by atoms with Crippen LogP contribution in [0.1, 0.15) is 11.4 Å². The molecule has 0 radical (unpaired) electrons. The highest BCUT2D eigenvalue weighted by atomic mass is 32.2. The lowest BCUT2D eigenvalue weighted by Crippen LogP contribution is -2.27. The fourth-order valence-electron chi connectivity index (χ4n) is 2.05. The number of hydrogen-bond donors (Lipinski definition) is 2. The summed E-state index contributed by atoms with van der Waals surface area (Å²) in [6.45, 7) is 1.99. The van der Waals surface area contributed by atoms with Crippen LogP contribution in [-0.2, 0) is 5.75 Å². The van der Waals surface area contributed by atoms with Gasteiger partial charge in [0.05, 0.1) is 5.75 Å². The third kappa shape index (κ3) is 3.90. The van der Waals surface area contributed by atoms with E-state index in [2.05, 4.69) is 20.3 Å². The van der Waals surface area contributed by atoms with Crippen molar-refractivity contribution in [1.82, 2.24) is 15.0 Å². The van der Waals surface area contributed by atoms with E-state index in [-0.39, 0.29) is 5.95 Å². The smallest absolute Gasteiger partial charge is 0.251 e. The number of aryl methyl sites for hydroxylation is 1. The molecular formula is C16H16N6OS. The minimum atomic E-state index is 0.139. The summed E-state index contributed by atoms with van der Waals surface area (Å²) in [4.78, 5) is 12.6. The van der Waals surface area contributed by atoms with Crippen molar-refractivity contribution in [2.75, 3.05) is 11.1 Å². The number of aromatic nitrogens is 4. The minimum absolute atomic E-state index is 0.139. The number of anilines is 3. The van der Waals surface area contributed by atoms with E-state index in [1.165, 1.54) is 18.0 Å². The largest absolute Gasteiger partial charge is 0.618 e. The number of rotatable bonds is 5. The van der Waals surface area contributed by atoms with Crippen LogP contribution >= 0.6 is 11.8 Å². The van der Waals surface area contributed by atoms with Crippen LogP contribution in [0.4, 0.5) is 17.6 Å². The van der Waals surface area contributed by atoms with Gasteiger partial charge in [-0.25, -0.2) is 0 Å². The number of nitrogens with zero attached hydrogens (tertiary/aromatic N) is 4. The lowest BCUT2D eigenvalue weighted by molar-refractivity contribution is -0.645. The van der Waals surface area contributed by atoms with Gasteiger partial charge in [0, 0.05) is 17.8 Å². The van der Waals surface area contributed by atoms with E-state index in [0.717, 1.165) is 16.0 Å². The number of nitrogens with one attached hydrogen (secondary N) is 1. The highest BCUT2D eigenvalue weighted by Gasteiger charge is 2.10. The van der Waals surface area contributed by atoms with Crippen LogP contribution in [0.15, 0.2) is 53.7 Å². The van der Waals surface area contributed by atoms with Crippen LogP contribution in [0.25, 0.3) is 0 Å². The van der Waals surface area contributed by atoms with Crippen LogP contribution in [-0.4, -0.2) is 15.0 Å². The molecule has 0 saturated heterocycles. The predicted molar refractivity (Wildman–Crippen MR) is 93.7 cm³/mol. The van der Waals surface area contributed by atoms with Gasteiger partial charge < -0.3 is 16.3 Å². The Morgan fingerprint density at radius 3 is 2.71 bits per heavy atom. The van der Waals surface area contributed by atoms with Crippen molar-refractivity contribution in [3.8, 4) is 0 Å². The molecule has 0 aliphatic rings. The van der Waals surface area contributed by atoms with Gasteiger partial charge in [-0.2, -0.15) is 19.7 Å². The van der Waals surface area contributed by atoms with E-state index in [0.29, 0.717) is 22.6 Å². The maximum atomic E-state index is 11.7. The van der Waals surface area contributed by atoms with Crippen molar-refractivity contribution in [3.05, 3.63) is 65.3 Å². The van der Waals surface area contributed by atoms with Gasteiger partial charge >= 0.3 is 0 Å². The van der Waals surface area contributed by atoms with Crippen molar-refractivity contribution < 1.29 is 4.73 Å². The van der Waals surface area contributed by atoms with Gasteiger partial charge in [0.2, 0.25) is 11.9 Å². The van der Waals surface area contributed by atoms with Gasteiger partial charge in [-0.1, -0.05) is 18.2 Å². The second-order valence-electron chi connectivity index (χ2n) is 5.03. The average molecular weight is 340 g/mol. The second-order valence-corrected chi connectivity index (χ2v) is 6.02. The monoisotopic (exact) mass is 340 g/mol. The molecule has 8 heteroatoms. The number of nitrogens with two attached hydrogens (primary N) is 1. The first kappa shape index (κ1) is 16.0. The van der Waals surface area contributed by atoms with Crippen molar-refractivity contribution in [1.29, 1.82) is 0 Å². The molecule has 0 bridgehead atoms. The Morgan fingerprint density at radius 2 is 1.92 bits per heavy atom. The zero-order valence-corrected chi connectivity index (χ0v) is 13.8. The Bertz CT molecular complexity index is 857. The molecule has 2 aromatic heterocycles. The Kier molecular flexibility index (Phi) is 4.76. The highest BCUT2D eigenvalue weighted by molar-refractivity contribution is 7.98. The van der Waals surface area contributed by atoms with Crippen molar-refractivity contribution >= 4 is 29.3 Å². The summed E-state index contributed by atoms with van der Waals surface area (Å²) in [5.41, 5.74) is 7.75. The lowest BCUT2D eigenvalue weighted by Gasteiger charge is -2.09. The van der Waals surface area contributed by atoms with E-state index < -0.39 is 0 Å². The number of para-hydroxylation sites is 1. The summed E-state index contributed by atoms with van der Waals surface area (Å²) in [5.74, 6) is 1.45. The van der Waals surface area contributed by atoms with Crippen molar-refractivity contribution in [3.63, 3.8) is 0 Å². The highest BCUT2D eigenvalue weighted by Crippen LogP contribution is 2.20. The molecule has 122 valence electrons. The topological polar surface area (TPSA) is 104 Å². The summed E-state index contributed by atoms with van der Waals surface area (Å²) in [7, 11) is 0. The molecule has 0 amide bonds. The Morgan fingerprint density at radius 1 is 1.12 bits per heavy atom. The summed E-state index contributed by atoms with van der Waals surface area (Å²) >= 11 is 1.34. The maximum Gasteiger partial charge on any atom is 0.251 e. The summed E-state index contributed by atoms with van der Waals surface area (Å²) in [5, 5.41) is 15.4. The number of pyridine rings is 1. The van der Waals surface area contributed by atoms with Crippen molar-refractivity contribution in [2.45, 2.75) is 17.7 Å². The summed E-state index contributed by atoms with van der Waals surface area (Å²) < 4.78 is 0.807. The molecule has 0 aliphatic heterocycles. The molecule has 3 N–H and O–H groups in total. The third-order valence-electron chi connectivity index (χ3n) is 3.23. The van der Waals surface area contributed by atoms with E-state index in [9.17, 15) is 5.21 Å². The first-order valence-corrected chi connectivity index (χ1v) is 8.24. The quantitative estimate of drug-likeness (QED) is 0.417. The summed E-state index contributed by atoms with van der Waals surface area (Å²) in [6.07, 6.45) is 1.45. The number of thioether (sulfide) groups is 1. The fourth-order valence-corrected chi connectivity index (χ4v) is 2.82. The molecule has 7 nitrogen and oxygen atoms in total. The Balaban J connectivity index is 1.77. The second kappa shape index (κ2) is 7.14. The molecule has 0 spiro atoms. The molecule has 3 rings (SSSR count). The predicted octanol–water partition coefficient (Wildman–Crippen LogP) is 2.43. The normalized spacial score (nSPS) is 10.5. The lowest BCUT2D eigenvalue weighted by atomic mass is 10.2. The Labute approximate surface area is 143 Å². The molecule has 1 aromatic carbocycles. The standard InChI is InChI=1S/C16H16N6OS/c1-11-6-2-3-7-12(11)18-16-20-13(19-15(17)21-16)10-24-14-8-4-5-9-22(14)23/h2-9H,10H2,1H3,(H3,17,18,19,20,21). The number of nitrogen functional groups attached to an aromatic ring is 1. The van der Waals surface area contributed by atoms with E-state index in [1.807, 2.05) is 37.3 Å². The first-order chi connectivity index (χ1) is 11.6. The van der Waals surface area contributed by atoms with Crippen LogP contribution in [0.2, 0.25) is 0 Å². The maximum absolute atomic E-state index is 11.7. The number of hydrogen-bond acceptors (Lipinski definition) is 7. The third-order valence-corrected chi connectivity index (χ3v) is 4.24. The van der Waals surface area contributed by atoms with Gasteiger partial charge in [0.1, 0.15) is 5.82 Å². The minimum Gasteiger partial charge on any atom is -0.618 e. The number of benzene rings is 1. The van der Waals surface area contributed by atoms with E-state index in [4.69, 9.17) is 5.73 Å². The zero-order valence-electron chi connectivity index (χ0n) is 13.0. The molecule has 0 atom stereocenters. The van der Waals surface area contributed by atoms with Gasteiger partial charge in [-0.15, -0.1) is 0 Å². The van der Waals surface area contributed by atoms with Crippen LogP contribution in [0, 0.1) is 12.1 Å². The SMILES string of the molecule is Cc1ccccc1Nc1nc(N)nc(CSc2cccc[n+]2[O-])n1. The first-order valence-electron chi connectivity index (χ1n) is 7.26. The fraction of sp³-hybridized carbons (Fsp3) is 0.125. The molecule has 0 saturated carbocycles. The zero-order chi connectivity index (χ0) is 16.9. The molecule has 0 unspecified atom stereocenters. The van der Waals surface area contributed by atoms with Gasteiger partial charge in [-0.3, -0.25) is 0 Å². The van der Waals surface area contributed by atoms with Crippen molar-refractivity contribution in [2.24, 2.45) is 0 Å². The molecule has 24 heavy (non-hydrogen) atoms. The van der Waals surface area contributed by atoms with E-state index in [1.54, 1.807) is 12.1 Å². The van der Waals surface area contributed by atoms with Gasteiger partial charge in [-0.05, 0) is 36.4 Å². The summed E-state index contributed by atoms with van der Waals surface area (Å²) in [6, 6.07) is 13.1. The molecule has 0 fully saturated rings.